The normalized spacial score (nSPS) is 22.9. The second-order valence-electron chi connectivity index (χ2n) is 4.84. The Labute approximate surface area is 98.7 Å². The summed E-state index contributed by atoms with van der Waals surface area (Å²) in [5.74, 6) is 1.20. The Morgan fingerprint density at radius 2 is 2.00 bits per heavy atom. The lowest BCUT2D eigenvalue weighted by molar-refractivity contribution is 0.0622. The Kier molecular flexibility index (Phi) is 5.13. The van der Waals surface area contributed by atoms with Crippen molar-refractivity contribution in [2.24, 2.45) is 4.99 Å². The number of hydrogen-bond donors (Lipinski definition) is 1. The number of hydrogen-bond acceptors (Lipinski definition) is 3. The number of ether oxygens (including phenoxy) is 1. The minimum absolute atomic E-state index is 0.540. The molecule has 0 radical (unpaired) electrons. The Bertz CT molecular complexity index is 222. The van der Waals surface area contributed by atoms with Crippen LogP contribution in [-0.2, 0) is 4.74 Å². The summed E-state index contributed by atoms with van der Waals surface area (Å²) in [6.45, 7) is 2.77. The molecule has 2 aliphatic rings. The molecule has 0 amide bonds. The number of nitrogens with zero attached hydrogens (tertiary/aromatic N) is 1. The first-order valence-corrected chi connectivity index (χ1v) is 6.84. The van der Waals surface area contributed by atoms with Gasteiger partial charge in [-0.05, 0) is 25.7 Å². The van der Waals surface area contributed by atoms with Crippen LogP contribution in [0.3, 0.4) is 0 Å². The van der Waals surface area contributed by atoms with E-state index in [0.29, 0.717) is 6.10 Å². The number of rotatable bonds is 4. The Morgan fingerprint density at radius 1 is 1.12 bits per heavy atom. The molecule has 1 aliphatic carbocycles. The topological polar surface area (TPSA) is 33.6 Å². The van der Waals surface area contributed by atoms with Crippen LogP contribution in [0, 0.1) is 0 Å². The third-order valence-electron chi connectivity index (χ3n) is 3.46. The number of nitrogens with one attached hydrogen (secondary N) is 1. The van der Waals surface area contributed by atoms with E-state index in [1.807, 2.05) is 0 Å². The van der Waals surface area contributed by atoms with E-state index < -0.39 is 0 Å². The molecule has 3 heteroatoms. The summed E-state index contributed by atoms with van der Waals surface area (Å²) < 4.78 is 5.81. The fourth-order valence-electron chi connectivity index (χ4n) is 2.49. The van der Waals surface area contributed by atoms with Crippen LogP contribution in [0.15, 0.2) is 4.99 Å². The van der Waals surface area contributed by atoms with Gasteiger partial charge in [-0.15, -0.1) is 0 Å². The van der Waals surface area contributed by atoms with Crippen LogP contribution in [-0.4, -0.2) is 31.6 Å². The van der Waals surface area contributed by atoms with E-state index in [4.69, 9.17) is 4.74 Å². The van der Waals surface area contributed by atoms with Crippen molar-refractivity contribution in [3.63, 3.8) is 0 Å². The zero-order valence-electron chi connectivity index (χ0n) is 10.2. The minimum atomic E-state index is 0.540. The smallest absolute Gasteiger partial charge is 0.0963 e. The van der Waals surface area contributed by atoms with Gasteiger partial charge in [0.2, 0.25) is 0 Å². The van der Waals surface area contributed by atoms with Gasteiger partial charge in [0.1, 0.15) is 0 Å². The zero-order chi connectivity index (χ0) is 11.1. The number of aliphatic imine (C=N–C) groups is 1. The monoisotopic (exact) mass is 224 g/mol. The van der Waals surface area contributed by atoms with Crippen LogP contribution < -0.4 is 5.32 Å². The van der Waals surface area contributed by atoms with Gasteiger partial charge in [-0.3, -0.25) is 4.99 Å². The lowest BCUT2D eigenvalue weighted by atomic mass is 10.2. The molecule has 2 rings (SSSR count). The molecule has 92 valence electrons. The van der Waals surface area contributed by atoms with Crippen molar-refractivity contribution in [2.45, 2.75) is 57.5 Å². The first-order chi connectivity index (χ1) is 7.95. The van der Waals surface area contributed by atoms with E-state index >= 15 is 0 Å². The maximum Gasteiger partial charge on any atom is 0.0963 e. The SMILES string of the molecule is C1CCN=C(NCCOC2CCCC2)CC1. The molecule has 0 spiro atoms. The Hall–Kier alpha value is -0.570. The highest BCUT2D eigenvalue weighted by molar-refractivity contribution is 5.82. The van der Waals surface area contributed by atoms with Crippen molar-refractivity contribution >= 4 is 5.84 Å². The molecule has 0 saturated heterocycles. The molecule has 1 N–H and O–H groups in total. The first kappa shape index (κ1) is 11.9. The van der Waals surface area contributed by atoms with Gasteiger partial charge in [-0.2, -0.15) is 0 Å². The third-order valence-corrected chi connectivity index (χ3v) is 3.46. The molecule has 16 heavy (non-hydrogen) atoms. The molecule has 0 aromatic heterocycles. The molecular weight excluding hydrogens is 200 g/mol. The third kappa shape index (κ3) is 4.12. The highest BCUT2D eigenvalue weighted by atomic mass is 16.5. The largest absolute Gasteiger partial charge is 0.376 e. The molecule has 0 aromatic rings. The van der Waals surface area contributed by atoms with Crippen molar-refractivity contribution in [2.75, 3.05) is 19.7 Å². The van der Waals surface area contributed by atoms with E-state index in [0.717, 1.165) is 26.1 Å². The van der Waals surface area contributed by atoms with Crippen LogP contribution >= 0.6 is 0 Å². The van der Waals surface area contributed by atoms with Gasteiger partial charge >= 0.3 is 0 Å². The predicted molar refractivity (Wildman–Crippen MR) is 67.0 cm³/mol. The first-order valence-electron chi connectivity index (χ1n) is 6.84. The van der Waals surface area contributed by atoms with Crippen LogP contribution in [0.5, 0.6) is 0 Å². The Balaban J connectivity index is 1.54. The van der Waals surface area contributed by atoms with Crippen LogP contribution in [0.4, 0.5) is 0 Å². The predicted octanol–water partition coefficient (Wildman–Crippen LogP) is 2.51. The van der Waals surface area contributed by atoms with Crippen molar-refractivity contribution in [3.8, 4) is 0 Å². The van der Waals surface area contributed by atoms with Crippen molar-refractivity contribution in [1.82, 2.24) is 5.32 Å². The highest BCUT2D eigenvalue weighted by Crippen LogP contribution is 2.20. The lowest BCUT2D eigenvalue weighted by Gasteiger charge is -2.12. The summed E-state index contributed by atoms with van der Waals surface area (Å²) in [7, 11) is 0. The van der Waals surface area contributed by atoms with Gasteiger partial charge in [-0.1, -0.05) is 19.3 Å². The van der Waals surface area contributed by atoms with E-state index in [-0.39, 0.29) is 0 Å². The lowest BCUT2D eigenvalue weighted by Crippen LogP contribution is -2.28. The van der Waals surface area contributed by atoms with Crippen LogP contribution in [0.2, 0.25) is 0 Å². The minimum Gasteiger partial charge on any atom is -0.376 e. The summed E-state index contributed by atoms with van der Waals surface area (Å²) in [6, 6.07) is 0. The van der Waals surface area contributed by atoms with Crippen molar-refractivity contribution < 1.29 is 4.74 Å². The average molecular weight is 224 g/mol. The molecule has 3 nitrogen and oxygen atoms in total. The summed E-state index contributed by atoms with van der Waals surface area (Å²) in [5, 5.41) is 3.41. The van der Waals surface area contributed by atoms with E-state index in [1.54, 1.807) is 0 Å². The van der Waals surface area contributed by atoms with Gasteiger partial charge in [0.15, 0.2) is 0 Å². The van der Waals surface area contributed by atoms with Gasteiger partial charge in [0.25, 0.3) is 0 Å². The molecule has 1 aliphatic heterocycles. The van der Waals surface area contributed by atoms with Crippen LogP contribution in [0.1, 0.15) is 51.4 Å². The van der Waals surface area contributed by atoms with Gasteiger partial charge in [-0.25, -0.2) is 0 Å². The summed E-state index contributed by atoms with van der Waals surface area (Å²) in [4.78, 5) is 4.54. The quantitative estimate of drug-likeness (QED) is 0.744. The maximum atomic E-state index is 5.81. The highest BCUT2D eigenvalue weighted by Gasteiger charge is 2.14. The molecule has 1 fully saturated rings. The van der Waals surface area contributed by atoms with E-state index in [9.17, 15) is 0 Å². The maximum absolute atomic E-state index is 5.81. The average Bonchev–Trinajstić information content (AvgIpc) is 2.68. The van der Waals surface area contributed by atoms with Gasteiger partial charge in [0.05, 0.1) is 18.5 Å². The van der Waals surface area contributed by atoms with Crippen molar-refractivity contribution in [3.05, 3.63) is 0 Å². The van der Waals surface area contributed by atoms with Crippen LogP contribution in [0.25, 0.3) is 0 Å². The molecule has 0 aromatic carbocycles. The molecule has 1 heterocycles. The summed E-state index contributed by atoms with van der Waals surface area (Å²) in [6.07, 6.45) is 10.8. The second-order valence-corrected chi connectivity index (χ2v) is 4.84. The Morgan fingerprint density at radius 3 is 2.88 bits per heavy atom. The molecule has 1 saturated carbocycles. The summed E-state index contributed by atoms with van der Waals surface area (Å²) in [5.41, 5.74) is 0. The van der Waals surface area contributed by atoms with E-state index in [2.05, 4.69) is 10.3 Å². The second kappa shape index (κ2) is 6.89. The van der Waals surface area contributed by atoms with E-state index in [1.165, 1.54) is 50.8 Å². The summed E-state index contributed by atoms with van der Waals surface area (Å²) >= 11 is 0. The van der Waals surface area contributed by atoms with Crippen molar-refractivity contribution in [1.29, 1.82) is 0 Å². The molecule has 0 unspecified atom stereocenters. The van der Waals surface area contributed by atoms with Gasteiger partial charge < -0.3 is 10.1 Å². The molecule has 0 atom stereocenters. The number of amidine groups is 1. The molecular formula is C13H24N2O. The fraction of sp³-hybridized carbons (Fsp3) is 0.923. The zero-order valence-corrected chi connectivity index (χ0v) is 10.2. The fourth-order valence-corrected chi connectivity index (χ4v) is 2.49. The molecule has 0 bridgehead atoms. The van der Waals surface area contributed by atoms with Gasteiger partial charge in [0, 0.05) is 19.5 Å². The standard InChI is InChI=1S/C13H24N2O/c1-2-8-13(14-9-5-1)15-10-11-16-12-6-3-4-7-12/h12H,1-11H2,(H,14,15).